The van der Waals surface area contributed by atoms with Gasteiger partial charge in [0.2, 0.25) is 0 Å². The first-order valence-electron chi connectivity index (χ1n) is 7.08. The number of aryl methyl sites for hydroxylation is 2. The molecule has 0 aliphatic rings. The van der Waals surface area contributed by atoms with Gasteiger partial charge in [-0.25, -0.2) is 0 Å². The van der Waals surface area contributed by atoms with Crippen molar-refractivity contribution in [1.29, 1.82) is 0 Å². The van der Waals surface area contributed by atoms with Gasteiger partial charge in [0.15, 0.2) is 0 Å². The van der Waals surface area contributed by atoms with Crippen LogP contribution < -0.4 is 10.1 Å². The van der Waals surface area contributed by atoms with Crippen molar-refractivity contribution in [2.24, 2.45) is 0 Å². The molecule has 0 aliphatic carbocycles. The van der Waals surface area contributed by atoms with Crippen LogP contribution in [0.5, 0.6) is 5.75 Å². The summed E-state index contributed by atoms with van der Waals surface area (Å²) in [4.78, 5) is 2.79. The zero-order valence-corrected chi connectivity index (χ0v) is 13.5. The molecule has 1 heterocycles. The van der Waals surface area contributed by atoms with Crippen LogP contribution in [-0.2, 0) is 6.54 Å². The van der Waals surface area contributed by atoms with Crippen LogP contribution in [0, 0.1) is 13.8 Å². The van der Waals surface area contributed by atoms with Crippen molar-refractivity contribution in [1.82, 2.24) is 5.32 Å². The van der Waals surface area contributed by atoms with Crippen LogP contribution in [0.1, 0.15) is 40.3 Å². The Bertz CT molecular complexity index is 562. The van der Waals surface area contributed by atoms with Crippen LogP contribution in [0.4, 0.5) is 0 Å². The fourth-order valence-electron chi connectivity index (χ4n) is 2.52. The van der Waals surface area contributed by atoms with Crippen LogP contribution in [0.3, 0.4) is 0 Å². The average Bonchev–Trinajstić information content (AvgIpc) is 2.78. The smallest absolute Gasteiger partial charge is 0.123 e. The highest BCUT2D eigenvalue weighted by Crippen LogP contribution is 2.28. The Kier molecular flexibility index (Phi) is 5.21. The molecule has 0 bridgehead atoms. The third-order valence-electron chi connectivity index (χ3n) is 3.61. The molecule has 0 saturated heterocycles. The zero-order chi connectivity index (χ0) is 14.5. The normalized spacial score (nSPS) is 12.4. The Hall–Kier alpha value is -1.32. The zero-order valence-electron chi connectivity index (χ0n) is 12.7. The molecule has 0 aliphatic heterocycles. The van der Waals surface area contributed by atoms with E-state index in [0.717, 1.165) is 18.7 Å². The van der Waals surface area contributed by atoms with E-state index in [2.05, 4.69) is 44.3 Å². The van der Waals surface area contributed by atoms with Crippen LogP contribution in [0.25, 0.3) is 0 Å². The van der Waals surface area contributed by atoms with Crippen molar-refractivity contribution in [3.05, 3.63) is 51.2 Å². The van der Waals surface area contributed by atoms with Crippen molar-refractivity contribution >= 4 is 11.3 Å². The van der Waals surface area contributed by atoms with Crippen molar-refractivity contribution in [3.8, 4) is 5.75 Å². The molecule has 0 amide bonds. The second kappa shape index (κ2) is 6.91. The molecule has 2 aromatic rings. The van der Waals surface area contributed by atoms with Gasteiger partial charge in [0.1, 0.15) is 5.75 Å². The predicted molar refractivity (Wildman–Crippen MR) is 86.7 cm³/mol. The summed E-state index contributed by atoms with van der Waals surface area (Å²) in [7, 11) is 1.73. The molecule has 108 valence electrons. The molecule has 0 radical (unpaired) electrons. The van der Waals surface area contributed by atoms with E-state index in [1.807, 2.05) is 23.5 Å². The first-order valence-corrected chi connectivity index (χ1v) is 7.89. The molecule has 1 atom stereocenters. The van der Waals surface area contributed by atoms with E-state index in [-0.39, 0.29) is 0 Å². The van der Waals surface area contributed by atoms with E-state index in [4.69, 9.17) is 4.74 Å². The topological polar surface area (TPSA) is 21.3 Å². The minimum absolute atomic E-state index is 0.325. The quantitative estimate of drug-likeness (QED) is 0.838. The van der Waals surface area contributed by atoms with Crippen molar-refractivity contribution in [3.63, 3.8) is 0 Å². The summed E-state index contributed by atoms with van der Waals surface area (Å²) < 4.78 is 5.47. The number of rotatable bonds is 6. The minimum atomic E-state index is 0.325. The van der Waals surface area contributed by atoms with Gasteiger partial charge in [0.05, 0.1) is 7.11 Å². The maximum Gasteiger partial charge on any atom is 0.123 e. The maximum absolute atomic E-state index is 5.47. The molecule has 20 heavy (non-hydrogen) atoms. The number of methoxy groups -OCH3 is 1. The molecule has 1 N–H and O–H groups in total. The lowest BCUT2D eigenvalue weighted by molar-refractivity contribution is 0.396. The van der Waals surface area contributed by atoms with E-state index in [1.165, 1.54) is 20.9 Å². The average molecular weight is 289 g/mol. The monoisotopic (exact) mass is 289 g/mol. The molecule has 0 fully saturated rings. The summed E-state index contributed by atoms with van der Waals surface area (Å²) in [6.45, 7) is 7.47. The molecular weight excluding hydrogens is 266 g/mol. The number of hydrogen-bond acceptors (Lipinski definition) is 3. The number of hydrogen-bond donors (Lipinski definition) is 1. The number of benzene rings is 1. The number of nitrogens with one attached hydrogen (secondary N) is 1. The molecule has 1 aromatic carbocycles. The Labute approximate surface area is 125 Å². The van der Waals surface area contributed by atoms with E-state index in [9.17, 15) is 0 Å². The summed E-state index contributed by atoms with van der Waals surface area (Å²) in [6.07, 6.45) is 1.04. The molecule has 0 saturated carbocycles. The Morgan fingerprint density at radius 2 is 2.00 bits per heavy atom. The third kappa shape index (κ3) is 3.41. The van der Waals surface area contributed by atoms with Crippen LogP contribution in [0.15, 0.2) is 30.3 Å². The second-order valence-corrected chi connectivity index (χ2v) is 6.48. The SMILES string of the molecule is CCC(NCc1cc(C)sc1C)c1ccccc1OC. The molecule has 2 nitrogen and oxygen atoms in total. The maximum atomic E-state index is 5.47. The minimum Gasteiger partial charge on any atom is -0.496 e. The van der Waals surface area contributed by atoms with E-state index in [1.54, 1.807) is 7.11 Å². The predicted octanol–water partition coefficient (Wildman–Crippen LogP) is 4.61. The lowest BCUT2D eigenvalue weighted by Gasteiger charge is -2.20. The molecular formula is C17H23NOS. The Morgan fingerprint density at radius 3 is 2.60 bits per heavy atom. The Balaban J connectivity index is 2.11. The first kappa shape index (κ1) is 15.1. The molecule has 1 unspecified atom stereocenters. The van der Waals surface area contributed by atoms with Crippen molar-refractivity contribution < 1.29 is 4.74 Å². The molecule has 2 rings (SSSR count). The largest absolute Gasteiger partial charge is 0.496 e. The highest BCUT2D eigenvalue weighted by atomic mass is 32.1. The number of thiophene rings is 1. The van der Waals surface area contributed by atoms with Gasteiger partial charge in [-0.2, -0.15) is 0 Å². The second-order valence-electron chi connectivity index (χ2n) is 5.02. The summed E-state index contributed by atoms with van der Waals surface area (Å²) in [5, 5.41) is 3.66. The lowest BCUT2D eigenvalue weighted by atomic mass is 10.0. The standard InChI is InChI=1S/C17H23NOS/c1-5-16(15-8-6-7-9-17(15)19-4)18-11-14-10-12(2)20-13(14)3/h6-10,16,18H,5,11H2,1-4H3. The number of ether oxygens (including phenoxy) is 1. The number of para-hydroxylation sites is 1. The van der Waals surface area contributed by atoms with Crippen LogP contribution >= 0.6 is 11.3 Å². The highest BCUT2D eigenvalue weighted by Gasteiger charge is 2.14. The van der Waals surface area contributed by atoms with Gasteiger partial charge in [-0.15, -0.1) is 11.3 Å². The Morgan fingerprint density at radius 1 is 1.25 bits per heavy atom. The summed E-state index contributed by atoms with van der Waals surface area (Å²) in [5.74, 6) is 0.963. The van der Waals surface area contributed by atoms with Crippen LogP contribution in [-0.4, -0.2) is 7.11 Å². The summed E-state index contributed by atoms with van der Waals surface area (Å²) in [5.41, 5.74) is 2.64. The van der Waals surface area contributed by atoms with Gasteiger partial charge in [-0.3, -0.25) is 0 Å². The van der Waals surface area contributed by atoms with Gasteiger partial charge < -0.3 is 10.1 Å². The van der Waals surface area contributed by atoms with E-state index >= 15 is 0 Å². The van der Waals surface area contributed by atoms with Gasteiger partial charge >= 0.3 is 0 Å². The van der Waals surface area contributed by atoms with Crippen molar-refractivity contribution in [2.45, 2.75) is 39.8 Å². The third-order valence-corrected chi connectivity index (χ3v) is 4.61. The molecule has 3 heteroatoms. The van der Waals surface area contributed by atoms with Crippen LogP contribution in [0.2, 0.25) is 0 Å². The van der Waals surface area contributed by atoms with E-state index in [0.29, 0.717) is 6.04 Å². The lowest BCUT2D eigenvalue weighted by Crippen LogP contribution is -2.20. The highest BCUT2D eigenvalue weighted by molar-refractivity contribution is 7.12. The van der Waals surface area contributed by atoms with Gasteiger partial charge in [-0.1, -0.05) is 25.1 Å². The fourth-order valence-corrected chi connectivity index (χ4v) is 3.47. The summed E-state index contributed by atoms with van der Waals surface area (Å²) >= 11 is 1.87. The van der Waals surface area contributed by atoms with Gasteiger partial charge in [0, 0.05) is 27.9 Å². The van der Waals surface area contributed by atoms with E-state index < -0.39 is 0 Å². The van der Waals surface area contributed by atoms with Gasteiger partial charge in [0.25, 0.3) is 0 Å². The van der Waals surface area contributed by atoms with Gasteiger partial charge in [-0.05, 0) is 38.0 Å². The van der Waals surface area contributed by atoms with Crippen molar-refractivity contribution in [2.75, 3.05) is 7.11 Å². The summed E-state index contributed by atoms with van der Waals surface area (Å²) in [6, 6.07) is 10.9. The fraction of sp³-hybridized carbons (Fsp3) is 0.412. The molecule has 0 spiro atoms. The molecule has 1 aromatic heterocycles. The first-order chi connectivity index (χ1) is 9.65.